The van der Waals surface area contributed by atoms with Crippen LogP contribution in [-0.4, -0.2) is 35.1 Å². The summed E-state index contributed by atoms with van der Waals surface area (Å²) in [7, 11) is 0. The quantitative estimate of drug-likeness (QED) is 0.872. The van der Waals surface area contributed by atoms with E-state index in [0.29, 0.717) is 25.9 Å². The molecule has 20 heavy (non-hydrogen) atoms. The molecule has 0 atom stereocenters. The van der Waals surface area contributed by atoms with Crippen molar-refractivity contribution in [3.63, 3.8) is 0 Å². The van der Waals surface area contributed by atoms with Crippen molar-refractivity contribution >= 4 is 17.7 Å². The molecule has 2 amide bonds. The second kappa shape index (κ2) is 5.53. The summed E-state index contributed by atoms with van der Waals surface area (Å²) in [6.45, 7) is 4.63. The van der Waals surface area contributed by atoms with Gasteiger partial charge in [-0.15, -0.1) is 0 Å². The first-order valence-electron chi connectivity index (χ1n) is 6.77. The van der Waals surface area contributed by atoms with Crippen molar-refractivity contribution < 1.29 is 14.7 Å². The van der Waals surface area contributed by atoms with Crippen LogP contribution in [0.3, 0.4) is 0 Å². The van der Waals surface area contributed by atoms with Gasteiger partial charge in [-0.05, 0) is 38.3 Å². The summed E-state index contributed by atoms with van der Waals surface area (Å²) < 4.78 is 0. The fraction of sp³-hybridized carbons (Fsp3) is 0.467. The van der Waals surface area contributed by atoms with Gasteiger partial charge in [0, 0.05) is 18.8 Å². The van der Waals surface area contributed by atoms with E-state index >= 15 is 0 Å². The molecule has 1 saturated heterocycles. The molecule has 1 aromatic rings. The van der Waals surface area contributed by atoms with E-state index in [9.17, 15) is 14.7 Å². The molecular formula is C15H20N2O3. The molecule has 1 aliphatic rings. The summed E-state index contributed by atoms with van der Waals surface area (Å²) in [5.41, 5.74) is 1.09. The number of nitrogens with one attached hydrogen (secondary N) is 1. The highest BCUT2D eigenvalue weighted by Gasteiger charge is 2.38. The zero-order valence-corrected chi connectivity index (χ0v) is 11.8. The lowest BCUT2D eigenvalue weighted by Gasteiger charge is -2.36. The first kappa shape index (κ1) is 14.4. The van der Waals surface area contributed by atoms with Crippen molar-refractivity contribution in [2.45, 2.75) is 26.7 Å². The van der Waals surface area contributed by atoms with Crippen molar-refractivity contribution in [2.75, 3.05) is 18.4 Å². The molecular weight excluding hydrogens is 256 g/mol. The second-order valence-electron chi connectivity index (χ2n) is 5.60. The van der Waals surface area contributed by atoms with Gasteiger partial charge >= 0.3 is 12.0 Å². The highest BCUT2D eigenvalue weighted by Crippen LogP contribution is 2.31. The zero-order chi connectivity index (χ0) is 14.8. The average molecular weight is 276 g/mol. The number of anilines is 1. The van der Waals surface area contributed by atoms with Gasteiger partial charge in [0.15, 0.2) is 0 Å². The fourth-order valence-electron chi connectivity index (χ4n) is 2.32. The van der Waals surface area contributed by atoms with Crippen LogP contribution < -0.4 is 5.32 Å². The minimum absolute atomic E-state index is 0.160. The average Bonchev–Trinajstić information content (AvgIpc) is 2.42. The Kier molecular flexibility index (Phi) is 3.97. The van der Waals surface area contributed by atoms with Crippen LogP contribution in [0.1, 0.15) is 25.3 Å². The number of urea groups is 1. The summed E-state index contributed by atoms with van der Waals surface area (Å²) in [4.78, 5) is 25.0. The third kappa shape index (κ3) is 2.92. The van der Waals surface area contributed by atoms with Crippen molar-refractivity contribution in [1.29, 1.82) is 0 Å². The number of hydrogen-bond acceptors (Lipinski definition) is 2. The molecule has 1 aliphatic heterocycles. The van der Waals surface area contributed by atoms with E-state index in [1.165, 1.54) is 0 Å². The minimum Gasteiger partial charge on any atom is -0.481 e. The lowest BCUT2D eigenvalue weighted by atomic mass is 9.80. The van der Waals surface area contributed by atoms with E-state index in [2.05, 4.69) is 5.32 Å². The van der Waals surface area contributed by atoms with Gasteiger partial charge in [-0.25, -0.2) is 4.79 Å². The number of piperidine rings is 1. The molecule has 1 fully saturated rings. The maximum absolute atomic E-state index is 12.2. The number of carboxylic acids is 1. The maximum Gasteiger partial charge on any atom is 0.321 e. The van der Waals surface area contributed by atoms with E-state index in [1.807, 2.05) is 31.2 Å². The molecule has 1 aromatic carbocycles. The Morgan fingerprint density at radius 2 is 1.85 bits per heavy atom. The van der Waals surface area contributed by atoms with Crippen LogP contribution in [0.15, 0.2) is 24.3 Å². The Hall–Kier alpha value is -2.04. The predicted octanol–water partition coefficient (Wildman–Crippen LogP) is 2.71. The van der Waals surface area contributed by atoms with E-state index < -0.39 is 11.4 Å². The molecule has 0 bridgehead atoms. The van der Waals surface area contributed by atoms with Crippen LogP contribution in [0, 0.1) is 12.3 Å². The van der Waals surface area contributed by atoms with E-state index in [-0.39, 0.29) is 6.03 Å². The number of carbonyl (C=O) groups excluding carboxylic acids is 1. The number of aliphatic carboxylic acids is 1. The van der Waals surface area contributed by atoms with Gasteiger partial charge in [-0.1, -0.05) is 18.2 Å². The van der Waals surface area contributed by atoms with Gasteiger partial charge < -0.3 is 15.3 Å². The Balaban J connectivity index is 1.96. The predicted molar refractivity (Wildman–Crippen MR) is 76.7 cm³/mol. The number of nitrogens with zero attached hydrogens (tertiary/aromatic N) is 1. The number of amides is 2. The van der Waals surface area contributed by atoms with Gasteiger partial charge in [-0.2, -0.15) is 0 Å². The Labute approximate surface area is 118 Å². The van der Waals surface area contributed by atoms with Crippen LogP contribution >= 0.6 is 0 Å². The van der Waals surface area contributed by atoms with Gasteiger partial charge in [0.2, 0.25) is 0 Å². The summed E-state index contributed by atoms with van der Waals surface area (Å²) >= 11 is 0. The molecule has 0 saturated carbocycles. The first-order chi connectivity index (χ1) is 9.42. The highest BCUT2D eigenvalue weighted by molar-refractivity contribution is 5.90. The number of carbonyl (C=O) groups is 2. The maximum atomic E-state index is 12.2. The third-order valence-electron chi connectivity index (χ3n) is 4.06. The molecule has 108 valence electrons. The molecule has 0 spiro atoms. The van der Waals surface area contributed by atoms with E-state index in [1.54, 1.807) is 11.8 Å². The number of rotatable bonds is 2. The van der Waals surface area contributed by atoms with Crippen LogP contribution in [0.25, 0.3) is 0 Å². The van der Waals surface area contributed by atoms with Crippen LogP contribution in [0.5, 0.6) is 0 Å². The molecule has 5 heteroatoms. The normalized spacial score (nSPS) is 17.6. The summed E-state index contributed by atoms with van der Waals surface area (Å²) in [5, 5.41) is 12.1. The Morgan fingerprint density at radius 1 is 1.25 bits per heavy atom. The first-order valence-corrected chi connectivity index (χ1v) is 6.77. The Bertz CT molecular complexity index is 520. The topological polar surface area (TPSA) is 69.6 Å². The molecule has 0 aromatic heterocycles. The molecule has 2 rings (SSSR count). The molecule has 0 radical (unpaired) electrons. The largest absolute Gasteiger partial charge is 0.481 e. The van der Waals surface area contributed by atoms with Crippen LogP contribution in [-0.2, 0) is 4.79 Å². The van der Waals surface area contributed by atoms with Gasteiger partial charge in [-0.3, -0.25) is 4.79 Å². The van der Waals surface area contributed by atoms with E-state index in [0.717, 1.165) is 11.3 Å². The molecule has 2 N–H and O–H groups in total. The van der Waals surface area contributed by atoms with Gasteiger partial charge in [0.25, 0.3) is 0 Å². The van der Waals surface area contributed by atoms with E-state index in [4.69, 9.17) is 0 Å². The molecule has 0 aliphatic carbocycles. The zero-order valence-electron chi connectivity index (χ0n) is 11.8. The standard InChI is InChI=1S/C15H20N2O3/c1-11-5-3-4-6-12(11)16-14(20)17-9-7-15(2,8-10-17)13(18)19/h3-6H,7-10H2,1-2H3,(H,16,20)(H,18,19). The lowest BCUT2D eigenvalue weighted by Crippen LogP contribution is -2.46. The lowest BCUT2D eigenvalue weighted by molar-refractivity contribution is -0.150. The Morgan fingerprint density at radius 3 is 2.40 bits per heavy atom. The number of aryl methyl sites for hydroxylation is 1. The van der Waals surface area contributed by atoms with Crippen LogP contribution in [0.4, 0.5) is 10.5 Å². The van der Waals surface area contributed by atoms with Gasteiger partial charge in [0.1, 0.15) is 0 Å². The number of hydrogen-bond donors (Lipinski definition) is 2. The minimum atomic E-state index is -0.781. The number of likely N-dealkylation sites (tertiary alicyclic amines) is 1. The third-order valence-corrected chi connectivity index (χ3v) is 4.06. The molecule has 5 nitrogen and oxygen atoms in total. The monoisotopic (exact) mass is 276 g/mol. The fourth-order valence-corrected chi connectivity index (χ4v) is 2.32. The van der Waals surface area contributed by atoms with Crippen molar-refractivity contribution in [3.05, 3.63) is 29.8 Å². The smallest absolute Gasteiger partial charge is 0.321 e. The van der Waals surface area contributed by atoms with Gasteiger partial charge in [0.05, 0.1) is 5.41 Å². The number of para-hydroxylation sites is 1. The second-order valence-corrected chi connectivity index (χ2v) is 5.60. The summed E-state index contributed by atoms with van der Waals surface area (Å²) in [5.74, 6) is -0.781. The number of carboxylic acid groups (broad SMARTS) is 1. The van der Waals surface area contributed by atoms with Crippen molar-refractivity contribution in [2.24, 2.45) is 5.41 Å². The van der Waals surface area contributed by atoms with Crippen LogP contribution in [0.2, 0.25) is 0 Å². The summed E-state index contributed by atoms with van der Waals surface area (Å²) in [6, 6.07) is 7.43. The summed E-state index contributed by atoms with van der Waals surface area (Å²) in [6.07, 6.45) is 0.979. The number of benzene rings is 1. The highest BCUT2D eigenvalue weighted by atomic mass is 16.4. The molecule has 1 heterocycles. The van der Waals surface area contributed by atoms with Crippen molar-refractivity contribution in [3.8, 4) is 0 Å². The van der Waals surface area contributed by atoms with Crippen molar-refractivity contribution in [1.82, 2.24) is 4.90 Å². The SMILES string of the molecule is Cc1ccccc1NC(=O)N1CCC(C)(C(=O)O)CC1. The molecule has 0 unspecified atom stereocenters.